The summed E-state index contributed by atoms with van der Waals surface area (Å²) >= 11 is 0. The van der Waals surface area contributed by atoms with Crippen molar-refractivity contribution in [2.45, 2.75) is 52.6 Å². The largest absolute Gasteiger partial charge is 0.464 e. The quantitative estimate of drug-likeness (QED) is 0.671. The molecule has 0 aliphatic rings. The van der Waals surface area contributed by atoms with Gasteiger partial charge in [-0.1, -0.05) is 20.8 Å². The molecule has 84 valence electrons. The van der Waals surface area contributed by atoms with E-state index in [-0.39, 0.29) is 0 Å². The lowest BCUT2D eigenvalue weighted by Gasteiger charge is -2.24. The average Bonchev–Trinajstić information content (AvgIpc) is 2.14. The first-order chi connectivity index (χ1) is 6.46. The van der Waals surface area contributed by atoms with Crippen LogP contribution in [0.25, 0.3) is 0 Å². The molecule has 0 saturated heterocycles. The molecule has 0 unspecified atom stereocenters. The maximum absolute atomic E-state index is 11.4. The highest BCUT2D eigenvalue weighted by Gasteiger charge is 2.35. The second-order valence-electron chi connectivity index (χ2n) is 4.04. The van der Waals surface area contributed by atoms with E-state index < -0.39 is 11.6 Å². The predicted molar refractivity (Wildman–Crippen MR) is 55.9 cm³/mol. The smallest absolute Gasteiger partial charge is 0.338 e. The van der Waals surface area contributed by atoms with Crippen LogP contribution in [0.2, 0.25) is 0 Å². The molecule has 0 bridgehead atoms. The lowest BCUT2D eigenvalue weighted by molar-refractivity contribution is -0.166. The van der Waals surface area contributed by atoms with Gasteiger partial charge in [0.25, 0.3) is 0 Å². The normalized spacial score (nSPS) is 15.3. The van der Waals surface area contributed by atoms with E-state index >= 15 is 0 Å². The van der Waals surface area contributed by atoms with Gasteiger partial charge in [0.15, 0.2) is 5.60 Å². The van der Waals surface area contributed by atoms with Gasteiger partial charge in [0.1, 0.15) is 0 Å². The third-order valence-corrected chi connectivity index (χ3v) is 2.38. The molecular formula is C11H22O3. The first-order valence-electron chi connectivity index (χ1n) is 5.35. The van der Waals surface area contributed by atoms with E-state index in [0.717, 1.165) is 6.42 Å². The molecule has 0 aliphatic carbocycles. The SMILES string of the molecule is CCOC(=O)[C@@](O)(CC)CCC(C)C. The van der Waals surface area contributed by atoms with Crippen LogP contribution in [-0.4, -0.2) is 23.3 Å². The standard InChI is InChI=1S/C11H22O3/c1-5-11(13,8-7-9(3)4)10(12)14-6-2/h9,13H,5-8H2,1-4H3/t11-/m1/s1. The van der Waals surface area contributed by atoms with Crippen LogP contribution in [0.3, 0.4) is 0 Å². The van der Waals surface area contributed by atoms with Gasteiger partial charge in [0, 0.05) is 0 Å². The minimum absolute atomic E-state index is 0.322. The van der Waals surface area contributed by atoms with Crippen molar-refractivity contribution >= 4 is 5.97 Å². The highest BCUT2D eigenvalue weighted by Crippen LogP contribution is 2.21. The average molecular weight is 202 g/mol. The molecule has 0 rings (SSSR count). The van der Waals surface area contributed by atoms with E-state index in [2.05, 4.69) is 13.8 Å². The van der Waals surface area contributed by atoms with Crippen molar-refractivity contribution in [2.24, 2.45) is 5.92 Å². The summed E-state index contributed by atoms with van der Waals surface area (Å²) in [6.07, 6.45) is 1.74. The van der Waals surface area contributed by atoms with Crippen molar-refractivity contribution in [1.29, 1.82) is 0 Å². The first-order valence-corrected chi connectivity index (χ1v) is 5.35. The van der Waals surface area contributed by atoms with Crippen molar-refractivity contribution in [3.05, 3.63) is 0 Å². The molecule has 0 spiro atoms. The highest BCUT2D eigenvalue weighted by molar-refractivity contribution is 5.79. The maximum Gasteiger partial charge on any atom is 0.338 e. The second kappa shape index (κ2) is 6.02. The lowest BCUT2D eigenvalue weighted by atomic mass is 9.91. The molecule has 0 aromatic heterocycles. The monoisotopic (exact) mass is 202 g/mol. The van der Waals surface area contributed by atoms with Crippen LogP contribution >= 0.6 is 0 Å². The predicted octanol–water partition coefficient (Wildman–Crippen LogP) is 2.13. The van der Waals surface area contributed by atoms with Gasteiger partial charge >= 0.3 is 5.97 Å². The van der Waals surface area contributed by atoms with E-state index in [1.54, 1.807) is 13.8 Å². The van der Waals surface area contributed by atoms with Crippen molar-refractivity contribution in [1.82, 2.24) is 0 Å². The first kappa shape index (κ1) is 13.4. The van der Waals surface area contributed by atoms with Crippen molar-refractivity contribution in [3.8, 4) is 0 Å². The van der Waals surface area contributed by atoms with Crippen LogP contribution < -0.4 is 0 Å². The zero-order valence-electron chi connectivity index (χ0n) is 9.67. The maximum atomic E-state index is 11.4. The molecule has 1 atom stereocenters. The Morgan fingerprint density at radius 1 is 1.43 bits per heavy atom. The fourth-order valence-electron chi connectivity index (χ4n) is 1.22. The summed E-state index contributed by atoms with van der Waals surface area (Å²) in [6.45, 7) is 8.01. The molecule has 0 amide bonds. The molecule has 14 heavy (non-hydrogen) atoms. The molecule has 0 fully saturated rings. The number of rotatable bonds is 6. The molecule has 0 aliphatic heterocycles. The molecule has 3 nitrogen and oxygen atoms in total. The second-order valence-corrected chi connectivity index (χ2v) is 4.04. The van der Waals surface area contributed by atoms with Crippen LogP contribution in [0.15, 0.2) is 0 Å². The number of hydrogen-bond donors (Lipinski definition) is 1. The molecule has 0 heterocycles. The number of hydrogen-bond acceptors (Lipinski definition) is 3. The zero-order valence-corrected chi connectivity index (χ0v) is 9.67. The van der Waals surface area contributed by atoms with Crippen LogP contribution in [0.1, 0.15) is 47.0 Å². The fourth-order valence-corrected chi connectivity index (χ4v) is 1.22. The third kappa shape index (κ3) is 4.09. The Morgan fingerprint density at radius 3 is 2.36 bits per heavy atom. The lowest BCUT2D eigenvalue weighted by Crippen LogP contribution is -2.39. The summed E-state index contributed by atoms with van der Waals surface area (Å²) in [7, 11) is 0. The number of carbonyl (C=O) groups excluding carboxylic acids is 1. The van der Waals surface area contributed by atoms with Crippen LogP contribution in [0.5, 0.6) is 0 Å². The minimum atomic E-state index is -1.28. The zero-order chi connectivity index (χ0) is 11.2. The third-order valence-electron chi connectivity index (χ3n) is 2.38. The molecule has 0 saturated carbocycles. The van der Waals surface area contributed by atoms with Crippen LogP contribution in [-0.2, 0) is 9.53 Å². The number of esters is 1. The molecule has 0 radical (unpaired) electrons. The van der Waals surface area contributed by atoms with Gasteiger partial charge in [-0.15, -0.1) is 0 Å². The van der Waals surface area contributed by atoms with E-state index in [1.807, 2.05) is 0 Å². The Hall–Kier alpha value is -0.570. The molecule has 0 aromatic rings. The molecule has 0 aromatic carbocycles. The van der Waals surface area contributed by atoms with Gasteiger partial charge in [0.2, 0.25) is 0 Å². The summed E-state index contributed by atoms with van der Waals surface area (Å²) in [5.41, 5.74) is -1.28. The Kier molecular flexibility index (Phi) is 5.77. The van der Waals surface area contributed by atoms with E-state index in [9.17, 15) is 9.90 Å². The number of carbonyl (C=O) groups is 1. The topological polar surface area (TPSA) is 46.5 Å². The van der Waals surface area contributed by atoms with Gasteiger partial charge in [-0.25, -0.2) is 4.79 Å². The summed E-state index contributed by atoms with van der Waals surface area (Å²) < 4.78 is 4.84. The van der Waals surface area contributed by atoms with Gasteiger partial charge < -0.3 is 9.84 Å². The van der Waals surface area contributed by atoms with Crippen molar-refractivity contribution < 1.29 is 14.6 Å². The Labute approximate surface area is 86.5 Å². The summed E-state index contributed by atoms with van der Waals surface area (Å²) in [5.74, 6) is 0.00523. The molecule has 1 N–H and O–H groups in total. The van der Waals surface area contributed by atoms with Gasteiger partial charge in [-0.2, -0.15) is 0 Å². The number of aliphatic hydroxyl groups is 1. The Balaban J connectivity index is 4.23. The van der Waals surface area contributed by atoms with Gasteiger partial charge in [-0.05, 0) is 32.1 Å². The Morgan fingerprint density at radius 2 is 2.00 bits per heavy atom. The van der Waals surface area contributed by atoms with E-state index in [1.165, 1.54) is 0 Å². The summed E-state index contributed by atoms with van der Waals surface area (Å²) in [4.78, 5) is 11.4. The fraction of sp³-hybridized carbons (Fsp3) is 0.909. The summed E-state index contributed by atoms with van der Waals surface area (Å²) in [6, 6.07) is 0. The van der Waals surface area contributed by atoms with Gasteiger partial charge in [-0.3, -0.25) is 0 Å². The van der Waals surface area contributed by atoms with Crippen LogP contribution in [0, 0.1) is 5.92 Å². The number of ether oxygens (including phenoxy) is 1. The van der Waals surface area contributed by atoms with Crippen molar-refractivity contribution in [2.75, 3.05) is 6.61 Å². The van der Waals surface area contributed by atoms with E-state index in [4.69, 9.17) is 4.74 Å². The Bertz CT molecular complexity index is 177. The van der Waals surface area contributed by atoms with Crippen molar-refractivity contribution in [3.63, 3.8) is 0 Å². The molecular weight excluding hydrogens is 180 g/mol. The molecule has 3 heteroatoms. The minimum Gasteiger partial charge on any atom is -0.464 e. The van der Waals surface area contributed by atoms with E-state index in [0.29, 0.717) is 25.4 Å². The highest BCUT2D eigenvalue weighted by atomic mass is 16.5. The van der Waals surface area contributed by atoms with Gasteiger partial charge in [0.05, 0.1) is 6.61 Å². The summed E-state index contributed by atoms with van der Waals surface area (Å²) in [5, 5.41) is 9.99. The van der Waals surface area contributed by atoms with Crippen LogP contribution in [0.4, 0.5) is 0 Å².